The lowest BCUT2D eigenvalue weighted by Crippen LogP contribution is -2.38. The van der Waals surface area contributed by atoms with Crippen LogP contribution in [-0.4, -0.2) is 25.2 Å². The van der Waals surface area contributed by atoms with E-state index in [2.05, 4.69) is 5.32 Å². The van der Waals surface area contributed by atoms with Gasteiger partial charge in [-0.3, -0.25) is 4.79 Å². The second kappa shape index (κ2) is 12.0. The fraction of sp³-hybridized carbons (Fsp3) is 0.194. The summed E-state index contributed by atoms with van der Waals surface area (Å²) >= 11 is 6.22. The van der Waals surface area contributed by atoms with E-state index in [4.69, 9.17) is 16.3 Å². The molecule has 39 heavy (non-hydrogen) atoms. The number of carbonyl (C=O) groups excluding carboxylic acids is 1. The molecule has 0 fully saturated rings. The van der Waals surface area contributed by atoms with Gasteiger partial charge in [-0.25, -0.2) is 8.42 Å². The predicted molar refractivity (Wildman–Crippen MR) is 156 cm³/mol. The van der Waals surface area contributed by atoms with Gasteiger partial charge in [0.1, 0.15) is 5.75 Å². The number of ether oxygens (including phenoxy) is 1. The quantitative estimate of drug-likeness (QED) is 0.234. The highest BCUT2D eigenvalue weighted by atomic mass is 35.5. The Labute approximate surface area is 235 Å². The SMILES string of the molecule is Cc1ccc(CN(CC(=O)Nc2cc(Cl)ccc2Oc2ccccc2)S(=O)(=O)c2c(C)cc(C)cc2C)cc1. The molecule has 0 aromatic heterocycles. The molecule has 0 saturated carbocycles. The van der Waals surface area contributed by atoms with Crippen molar-refractivity contribution in [2.24, 2.45) is 0 Å². The van der Waals surface area contributed by atoms with Crippen LogP contribution in [0.25, 0.3) is 0 Å². The van der Waals surface area contributed by atoms with Gasteiger partial charge >= 0.3 is 0 Å². The topological polar surface area (TPSA) is 75.7 Å². The summed E-state index contributed by atoms with van der Waals surface area (Å²) in [5.74, 6) is 0.453. The Kier molecular flexibility index (Phi) is 8.75. The van der Waals surface area contributed by atoms with Crippen LogP contribution in [0.15, 0.2) is 89.8 Å². The zero-order chi connectivity index (χ0) is 28.2. The number of hydrogen-bond acceptors (Lipinski definition) is 4. The highest BCUT2D eigenvalue weighted by molar-refractivity contribution is 7.89. The Morgan fingerprint density at radius 2 is 1.49 bits per heavy atom. The molecule has 0 aliphatic rings. The second-order valence-electron chi connectivity index (χ2n) is 9.59. The smallest absolute Gasteiger partial charge is 0.244 e. The summed E-state index contributed by atoms with van der Waals surface area (Å²) in [7, 11) is -4.03. The normalized spacial score (nSPS) is 11.4. The molecule has 1 amide bonds. The molecule has 1 N–H and O–H groups in total. The zero-order valence-corrected chi connectivity index (χ0v) is 23.9. The standard InChI is InChI=1S/C31H31ClN2O4S/c1-21-10-12-25(13-11-21)19-34(39(36,37)31-23(3)16-22(2)17-24(31)4)20-30(35)33-28-18-26(32)14-15-29(28)38-27-8-6-5-7-9-27/h5-18H,19-20H2,1-4H3,(H,33,35). The third-order valence-corrected chi connectivity index (χ3v) is 8.52. The van der Waals surface area contributed by atoms with Crippen LogP contribution in [0.2, 0.25) is 5.02 Å². The highest BCUT2D eigenvalue weighted by Gasteiger charge is 2.30. The number of amides is 1. The number of carbonyl (C=O) groups is 1. The lowest BCUT2D eigenvalue weighted by Gasteiger charge is -2.24. The molecule has 6 nitrogen and oxygen atoms in total. The number of anilines is 1. The van der Waals surface area contributed by atoms with Crippen molar-refractivity contribution in [3.63, 3.8) is 0 Å². The molecule has 4 aromatic rings. The van der Waals surface area contributed by atoms with Crippen LogP contribution >= 0.6 is 11.6 Å². The number of halogens is 1. The Morgan fingerprint density at radius 1 is 0.846 bits per heavy atom. The van der Waals surface area contributed by atoms with Crippen molar-refractivity contribution in [3.05, 3.63) is 118 Å². The first-order chi connectivity index (χ1) is 18.5. The minimum Gasteiger partial charge on any atom is -0.455 e. The van der Waals surface area contributed by atoms with E-state index in [1.54, 1.807) is 44.2 Å². The van der Waals surface area contributed by atoms with E-state index >= 15 is 0 Å². The van der Waals surface area contributed by atoms with E-state index in [0.29, 0.717) is 33.3 Å². The number of sulfonamides is 1. The van der Waals surface area contributed by atoms with E-state index in [0.717, 1.165) is 16.7 Å². The molecule has 4 rings (SSSR count). The number of para-hydroxylation sites is 1. The van der Waals surface area contributed by atoms with E-state index < -0.39 is 22.5 Å². The average molecular weight is 563 g/mol. The molecule has 0 unspecified atom stereocenters. The van der Waals surface area contributed by atoms with Gasteiger partial charge in [-0.1, -0.05) is 77.3 Å². The Hall–Kier alpha value is -3.65. The highest BCUT2D eigenvalue weighted by Crippen LogP contribution is 2.32. The number of benzene rings is 4. The monoisotopic (exact) mass is 562 g/mol. The number of rotatable bonds is 9. The first-order valence-corrected chi connectivity index (χ1v) is 14.3. The van der Waals surface area contributed by atoms with Gasteiger partial charge in [0.2, 0.25) is 15.9 Å². The lowest BCUT2D eigenvalue weighted by molar-refractivity contribution is -0.116. The molecule has 4 aromatic carbocycles. The van der Waals surface area contributed by atoms with Crippen LogP contribution in [0.5, 0.6) is 11.5 Å². The minimum absolute atomic E-state index is 0.0334. The van der Waals surface area contributed by atoms with E-state index in [1.807, 2.05) is 68.4 Å². The van der Waals surface area contributed by atoms with Gasteiger partial charge in [-0.15, -0.1) is 0 Å². The van der Waals surface area contributed by atoms with Crippen LogP contribution in [0, 0.1) is 27.7 Å². The fourth-order valence-electron chi connectivity index (χ4n) is 4.48. The van der Waals surface area contributed by atoms with E-state index in [-0.39, 0.29) is 11.4 Å². The maximum Gasteiger partial charge on any atom is 0.244 e. The minimum atomic E-state index is -4.03. The fourth-order valence-corrected chi connectivity index (χ4v) is 6.45. The van der Waals surface area contributed by atoms with Gasteiger partial charge in [-0.05, 0) is 74.7 Å². The maximum absolute atomic E-state index is 14.0. The number of hydrogen-bond donors (Lipinski definition) is 1. The molecule has 0 aliphatic carbocycles. The maximum atomic E-state index is 14.0. The van der Waals surface area contributed by atoms with Gasteiger partial charge in [-0.2, -0.15) is 4.31 Å². The van der Waals surface area contributed by atoms with Crippen LogP contribution in [0.3, 0.4) is 0 Å². The van der Waals surface area contributed by atoms with Crippen molar-refractivity contribution in [3.8, 4) is 11.5 Å². The van der Waals surface area contributed by atoms with Crippen LogP contribution in [-0.2, 0) is 21.4 Å². The molecule has 0 aliphatic heterocycles. The molecule has 0 radical (unpaired) electrons. The zero-order valence-electron chi connectivity index (χ0n) is 22.4. The first-order valence-electron chi connectivity index (χ1n) is 12.5. The summed E-state index contributed by atoms with van der Waals surface area (Å²) in [4.78, 5) is 13.6. The summed E-state index contributed by atoms with van der Waals surface area (Å²) in [6, 6.07) is 25.3. The van der Waals surface area contributed by atoms with Crippen LogP contribution in [0.4, 0.5) is 5.69 Å². The third kappa shape index (κ3) is 7.06. The molecule has 202 valence electrons. The average Bonchev–Trinajstić information content (AvgIpc) is 2.86. The molecule has 0 spiro atoms. The third-order valence-electron chi connectivity index (χ3n) is 6.19. The Bertz CT molecular complexity index is 1560. The lowest BCUT2D eigenvalue weighted by atomic mass is 10.1. The van der Waals surface area contributed by atoms with Gasteiger partial charge < -0.3 is 10.1 Å². The summed E-state index contributed by atoms with van der Waals surface area (Å²) in [6.45, 7) is 7.07. The first kappa shape index (κ1) is 28.4. The predicted octanol–water partition coefficient (Wildman–Crippen LogP) is 7.20. The summed E-state index contributed by atoms with van der Waals surface area (Å²) < 4.78 is 35.2. The molecule has 8 heteroatoms. The number of aryl methyl sites for hydroxylation is 4. The second-order valence-corrected chi connectivity index (χ2v) is 11.9. The Morgan fingerprint density at radius 3 is 2.13 bits per heavy atom. The van der Waals surface area contributed by atoms with E-state index in [1.165, 1.54) is 4.31 Å². The van der Waals surface area contributed by atoms with Crippen molar-refractivity contribution >= 4 is 33.2 Å². The van der Waals surface area contributed by atoms with Crippen molar-refractivity contribution in [2.75, 3.05) is 11.9 Å². The van der Waals surface area contributed by atoms with Crippen molar-refractivity contribution in [2.45, 2.75) is 39.1 Å². The summed E-state index contributed by atoms with van der Waals surface area (Å²) in [6.07, 6.45) is 0. The van der Waals surface area contributed by atoms with Gasteiger partial charge in [0.25, 0.3) is 0 Å². The molecule has 0 bridgehead atoms. The van der Waals surface area contributed by atoms with Gasteiger partial charge in [0, 0.05) is 11.6 Å². The number of nitrogens with one attached hydrogen (secondary N) is 1. The molecule has 0 heterocycles. The van der Waals surface area contributed by atoms with Crippen molar-refractivity contribution in [1.82, 2.24) is 4.31 Å². The summed E-state index contributed by atoms with van der Waals surface area (Å²) in [5, 5.41) is 3.21. The van der Waals surface area contributed by atoms with Crippen LogP contribution in [0.1, 0.15) is 27.8 Å². The van der Waals surface area contributed by atoms with E-state index in [9.17, 15) is 13.2 Å². The molecule has 0 saturated heterocycles. The van der Waals surface area contributed by atoms with Crippen molar-refractivity contribution < 1.29 is 17.9 Å². The van der Waals surface area contributed by atoms with Gasteiger partial charge in [0.15, 0.2) is 5.75 Å². The van der Waals surface area contributed by atoms with Crippen LogP contribution < -0.4 is 10.1 Å². The Balaban J connectivity index is 1.66. The number of nitrogens with zero attached hydrogens (tertiary/aromatic N) is 1. The van der Waals surface area contributed by atoms with Crippen molar-refractivity contribution in [1.29, 1.82) is 0 Å². The molecule has 0 atom stereocenters. The van der Waals surface area contributed by atoms with Gasteiger partial charge in [0.05, 0.1) is 17.1 Å². The molecular weight excluding hydrogens is 532 g/mol. The molecular formula is C31H31ClN2O4S. The summed E-state index contributed by atoms with van der Waals surface area (Å²) in [5.41, 5.74) is 4.41. The largest absolute Gasteiger partial charge is 0.455 e.